The minimum atomic E-state index is -0.985. The van der Waals surface area contributed by atoms with Crippen molar-refractivity contribution >= 4 is 15.9 Å². The molecular formula is C8H9BrN2O2. The maximum absolute atomic E-state index is 9.99. The number of hydrogen-bond donors (Lipinski definition) is 1. The van der Waals surface area contributed by atoms with Crippen molar-refractivity contribution < 1.29 is 9.84 Å². The predicted molar refractivity (Wildman–Crippen MR) is 49.1 cm³/mol. The lowest BCUT2D eigenvalue weighted by atomic mass is 10.0. The maximum atomic E-state index is 9.99. The molecule has 1 aromatic heterocycles. The Bertz CT molecular complexity index is 296. The van der Waals surface area contributed by atoms with Crippen LogP contribution in [0.15, 0.2) is 16.9 Å². The van der Waals surface area contributed by atoms with Crippen LogP contribution in [-0.2, 0) is 10.3 Å². The summed E-state index contributed by atoms with van der Waals surface area (Å²) in [4.78, 5) is 8.09. The highest BCUT2D eigenvalue weighted by atomic mass is 79.9. The average Bonchev–Trinajstić information content (AvgIpc) is 2.54. The molecule has 0 saturated carbocycles. The Morgan fingerprint density at radius 3 is 2.69 bits per heavy atom. The van der Waals surface area contributed by atoms with Crippen LogP contribution in [-0.4, -0.2) is 28.3 Å². The van der Waals surface area contributed by atoms with Crippen LogP contribution in [0.4, 0.5) is 0 Å². The molecule has 0 radical (unpaired) electrons. The summed E-state index contributed by atoms with van der Waals surface area (Å²) in [6.07, 6.45) is 3.81. The third-order valence-corrected chi connectivity index (χ3v) is 2.45. The third kappa shape index (κ3) is 1.72. The van der Waals surface area contributed by atoms with Crippen molar-refractivity contribution in [2.75, 3.05) is 13.2 Å². The van der Waals surface area contributed by atoms with Crippen molar-refractivity contribution in [3.63, 3.8) is 0 Å². The highest BCUT2D eigenvalue weighted by molar-refractivity contribution is 9.10. The van der Waals surface area contributed by atoms with Gasteiger partial charge in [0, 0.05) is 18.8 Å². The van der Waals surface area contributed by atoms with E-state index in [-0.39, 0.29) is 6.61 Å². The molecule has 0 aromatic carbocycles. The molecule has 1 N–H and O–H groups in total. The van der Waals surface area contributed by atoms with Gasteiger partial charge >= 0.3 is 0 Å². The Hall–Kier alpha value is -0.520. The summed E-state index contributed by atoms with van der Waals surface area (Å²) in [5.41, 5.74) is -0.985. The normalized spacial score (nSPS) is 27.8. The maximum Gasteiger partial charge on any atom is 0.162 e. The minimum Gasteiger partial charge on any atom is -0.379 e. The van der Waals surface area contributed by atoms with Crippen molar-refractivity contribution in [1.29, 1.82) is 0 Å². The molecule has 0 aliphatic carbocycles. The fourth-order valence-electron chi connectivity index (χ4n) is 1.28. The van der Waals surface area contributed by atoms with Gasteiger partial charge in [-0.05, 0) is 15.9 Å². The van der Waals surface area contributed by atoms with Crippen molar-refractivity contribution in [1.82, 2.24) is 9.97 Å². The lowest BCUT2D eigenvalue weighted by Gasteiger charge is -2.17. The van der Waals surface area contributed by atoms with Crippen LogP contribution in [0.5, 0.6) is 0 Å². The third-order valence-electron chi connectivity index (χ3n) is 2.04. The summed E-state index contributed by atoms with van der Waals surface area (Å²) >= 11 is 3.23. The number of rotatable bonds is 1. The van der Waals surface area contributed by atoms with E-state index in [4.69, 9.17) is 4.74 Å². The van der Waals surface area contributed by atoms with E-state index >= 15 is 0 Å². The first kappa shape index (κ1) is 9.05. The van der Waals surface area contributed by atoms with Crippen molar-refractivity contribution in [2.24, 2.45) is 0 Å². The number of aromatic nitrogens is 2. The Kier molecular flexibility index (Phi) is 2.31. The summed E-state index contributed by atoms with van der Waals surface area (Å²) in [5.74, 6) is 0.438. The highest BCUT2D eigenvalue weighted by Crippen LogP contribution is 2.27. The number of hydrogen-bond acceptors (Lipinski definition) is 4. The first-order valence-corrected chi connectivity index (χ1v) is 4.78. The number of halogens is 1. The molecule has 13 heavy (non-hydrogen) atoms. The standard InChI is InChI=1S/C8H9BrN2O2/c9-6-3-10-7(11-4-6)8(12)1-2-13-5-8/h3-4,12H,1-2,5H2/t8-/m0/s1. The highest BCUT2D eigenvalue weighted by Gasteiger charge is 2.36. The van der Waals surface area contributed by atoms with Gasteiger partial charge in [-0.2, -0.15) is 0 Å². The van der Waals surface area contributed by atoms with Gasteiger partial charge in [-0.3, -0.25) is 0 Å². The molecule has 0 amide bonds. The molecule has 1 atom stereocenters. The quantitative estimate of drug-likeness (QED) is 0.796. The molecule has 0 unspecified atom stereocenters. The van der Waals surface area contributed by atoms with Gasteiger partial charge in [0.25, 0.3) is 0 Å². The molecule has 1 aliphatic heterocycles. The zero-order chi connectivity index (χ0) is 9.31. The molecule has 1 aromatic rings. The van der Waals surface area contributed by atoms with Gasteiger partial charge in [0.2, 0.25) is 0 Å². The van der Waals surface area contributed by atoms with Crippen LogP contribution in [0.2, 0.25) is 0 Å². The average molecular weight is 245 g/mol. The molecule has 0 spiro atoms. The number of ether oxygens (including phenoxy) is 1. The minimum absolute atomic E-state index is 0.286. The predicted octanol–water partition coefficient (Wildman–Crippen LogP) is 0.847. The topological polar surface area (TPSA) is 55.2 Å². The largest absolute Gasteiger partial charge is 0.379 e. The lowest BCUT2D eigenvalue weighted by Crippen LogP contribution is -2.28. The van der Waals surface area contributed by atoms with Gasteiger partial charge in [0.1, 0.15) is 5.60 Å². The van der Waals surface area contributed by atoms with E-state index in [1.165, 1.54) is 0 Å². The number of aliphatic hydroxyl groups is 1. The summed E-state index contributed by atoms with van der Waals surface area (Å²) in [7, 11) is 0. The molecule has 2 heterocycles. The molecule has 70 valence electrons. The number of nitrogens with zero attached hydrogens (tertiary/aromatic N) is 2. The Morgan fingerprint density at radius 1 is 1.46 bits per heavy atom. The van der Waals surface area contributed by atoms with Crippen LogP contribution in [0.1, 0.15) is 12.2 Å². The Labute approximate surface area is 84.1 Å². The lowest BCUT2D eigenvalue weighted by molar-refractivity contribution is 0.0153. The fraction of sp³-hybridized carbons (Fsp3) is 0.500. The summed E-state index contributed by atoms with van der Waals surface area (Å²) in [5, 5.41) is 9.99. The van der Waals surface area contributed by atoms with Crippen LogP contribution in [0, 0.1) is 0 Å². The van der Waals surface area contributed by atoms with Gasteiger partial charge in [0.15, 0.2) is 5.82 Å². The van der Waals surface area contributed by atoms with E-state index in [2.05, 4.69) is 25.9 Å². The van der Waals surface area contributed by atoms with Gasteiger partial charge in [-0.25, -0.2) is 9.97 Å². The van der Waals surface area contributed by atoms with Gasteiger partial charge in [-0.1, -0.05) is 0 Å². The Balaban J connectivity index is 2.29. The zero-order valence-electron chi connectivity index (χ0n) is 6.90. The van der Waals surface area contributed by atoms with Crippen molar-refractivity contribution in [2.45, 2.75) is 12.0 Å². The van der Waals surface area contributed by atoms with E-state index in [1.54, 1.807) is 12.4 Å². The van der Waals surface area contributed by atoms with Crippen molar-refractivity contribution in [3.05, 3.63) is 22.7 Å². The zero-order valence-corrected chi connectivity index (χ0v) is 8.49. The molecule has 1 aliphatic rings. The summed E-state index contributed by atoms with van der Waals surface area (Å²) in [6, 6.07) is 0. The second kappa shape index (κ2) is 3.32. The fourth-order valence-corrected chi connectivity index (χ4v) is 1.49. The summed E-state index contributed by atoms with van der Waals surface area (Å²) in [6.45, 7) is 0.852. The monoisotopic (exact) mass is 244 g/mol. The van der Waals surface area contributed by atoms with Crippen LogP contribution < -0.4 is 0 Å². The molecule has 5 heteroatoms. The summed E-state index contributed by atoms with van der Waals surface area (Å²) < 4.78 is 5.91. The van der Waals surface area contributed by atoms with Gasteiger partial charge < -0.3 is 9.84 Å². The van der Waals surface area contributed by atoms with Gasteiger partial charge in [-0.15, -0.1) is 0 Å². The van der Waals surface area contributed by atoms with E-state index in [1.807, 2.05) is 0 Å². The molecule has 0 bridgehead atoms. The van der Waals surface area contributed by atoms with Crippen LogP contribution in [0.25, 0.3) is 0 Å². The smallest absolute Gasteiger partial charge is 0.162 e. The van der Waals surface area contributed by atoms with E-state index in [0.29, 0.717) is 18.9 Å². The van der Waals surface area contributed by atoms with E-state index < -0.39 is 5.60 Å². The van der Waals surface area contributed by atoms with Gasteiger partial charge in [0.05, 0.1) is 17.7 Å². The molecular weight excluding hydrogens is 236 g/mol. The second-order valence-corrected chi connectivity index (χ2v) is 3.97. The van der Waals surface area contributed by atoms with Crippen molar-refractivity contribution in [3.8, 4) is 0 Å². The van der Waals surface area contributed by atoms with Crippen LogP contribution in [0.3, 0.4) is 0 Å². The Morgan fingerprint density at radius 2 is 2.15 bits per heavy atom. The second-order valence-electron chi connectivity index (χ2n) is 3.06. The van der Waals surface area contributed by atoms with Crippen LogP contribution >= 0.6 is 15.9 Å². The van der Waals surface area contributed by atoms with E-state index in [9.17, 15) is 5.11 Å². The molecule has 2 rings (SSSR count). The molecule has 4 nitrogen and oxygen atoms in total. The molecule has 1 fully saturated rings. The molecule has 1 saturated heterocycles. The SMILES string of the molecule is O[C@@]1(c2ncc(Br)cn2)CCOC1. The first-order valence-electron chi connectivity index (χ1n) is 3.99. The first-order chi connectivity index (χ1) is 6.21. The van der Waals surface area contributed by atoms with E-state index in [0.717, 1.165) is 4.47 Å².